The summed E-state index contributed by atoms with van der Waals surface area (Å²) < 4.78 is 0. The topological polar surface area (TPSA) is 42.0 Å². The average Bonchev–Trinajstić information content (AvgIpc) is 3.13. The highest BCUT2D eigenvalue weighted by atomic mass is 32.1. The molecule has 0 aliphatic rings. The van der Waals surface area contributed by atoms with Crippen LogP contribution >= 0.6 is 22.7 Å². The van der Waals surface area contributed by atoms with Crippen molar-refractivity contribution in [1.29, 1.82) is 0 Å². The maximum absolute atomic E-state index is 12.3. The minimum atomic E-state index is -0.0888. The summed E-state index contributed by atoms with van der Waals surface area (Å²) in [7, 11) is 0. The monoisotopic (exact) mass is 342 g/mol. The Morgan fingerprint density at radius 1 is 1.22 bits per heavy atom. The molecule has 0 saturated heterocycles. The number of anilines is 1. The van der Waals surface area contributed by atoms with Crippen molar-refractivity contribution in [1.82, 2.24) is 4.98 Å². The number of nitrogens with one attached hydrogen (secondary N) is 1. The Labute approximate surface area is 144 Å². The van der Waals surface area contributed by atoms with Gasteiger partial charge in [0.05, 0.1) is 11.3 Å². The molecule has 118 valence electrons. The van der Waals surface area contributed by atoms with E-state index >= 15 is 0 Å². The molecule has 0 unspecified atom stereocenters. The third kappa shape index (κ3) is 3.51. The van der Waals surface area contributed by atoms with Gasteiger partial charge in [-0.1, -0.05) is 31.2 Å². The second kappa shape index (κ2) is 6.64. The molecule has 0 aliphatic carbocycles. The Bertz CT molecular complexity index is 831. The second-order valence-electron chi connectivity index (χ2n) is 5.37. The largest absolute Gasteiger partial charge is 0.298 e. The van der Waals surface area contributed by atoms with Crippen molar-refractivity contribution >= 4 is 33.7 Å². The van der Waals surface area contributed by atoms with Crippen LogP contribution in [0.15, 0.2) is 35.7 Å². The minimum Gasteiger partial charge on any atom is -0.298 e. The SMILES string of the molecule is CCc1ccc(-c2csc(NC(=O)c3cc(C)sc3C)n2)cc1. The maximum atomic E-state index is 12.3. The van der Waals surface area contributed by atoms with Crippen LogP contribution in [0.2, 0.25) is 0 Å². The lowest BCUT2D eigenvalue weighted by atomic mass is 10.1. The summed E-state index contributed by atoms with van der Waals surface area (Å²) in [5.74, 6) is -0.0888. The highest BCUT2D eigenvalue weighted by Gasteiger charge is 2.14. The lowest BCUT2D eigenvalue weighted by molar-refractivity contribution is 0.102. The first-order valence-corrected chi connectivity index (χ1v) is 9.19. The zero-order valence-electron chi connectivity index (χ0n) is 13.3. The van der Waals surface area contributed by atoms with Crippen LogP contribution in [0.4, 0.5) is 5.13 Å². The van der Waals surface area contributed by atoms with Crippen molar-refractivity contribution in [3.05, 3.63) is 56.6 Å². The van der Waals surface area contributed by atoms with E-state index in [9.17, 15) is 4.79 Å². The van der Waals surface area contributed by atoms with E-state index in [1.807, 2.05) is 25.3 Å². The van der Waals surface area contributed by atoms with Crippen molar-refractivity contribution in [2.24, 2.45) is 0 Å². The molecule has 0 aliphatic heterocycles. The lowest BCUT2D eigenvalue weighted by Gasteiger charge is -2.01. The van der Waals surface area contributed by atoms with Crippen LogP contribution in [0.3, 0.4) is 0 Å². The van der Waals surface area contributed by atoms with Gasteiger partial charge in [-0.05, 0) is 31.9 Å². The van der Waals surface area contributed by atoms with E-state index in [-0.39, 0.29) is 5.91 Å². The molecular weight excluding hydrogens is 324 g/mol. The van der Waals surface area contributed by atoms with Gasteiger partial charge in [0.15, 0.2) is 5.13 Å². The standard InChI is InChI=1S/C18H18N2OS2/c1-4-13-5-7-14(8-6-13)16-10-22-18(19-16)20-17(21)15-9-11(2)23-12(15)3/h5-10H,4H2,1-3H3,(H,19,20,21). The van der Waals surface area contributed by atoms with Crippen molar-refractivity contribution in [3.8, 4) is 11.3 Å². The van der Waals surface area contributed by atoms with Gasteiger partial charge in [0.25, 0.3) is 5.91 Å². The Morgan fingerprint density at radius 3 is 2.57 bits per heavy atom. The first-order valence-electron chi connectivity index (χ1n) is 7.50. The van der Waals surface area contributed by atoms with Gasteiger partial charge < -0.3 is 0 Å². The van der Waals surface area contributed by atoms with Crippen molar-refractivity contribution in [2.45, 2.75) is 27.2 Å². The Hall–Kier alpha value is -1.98. The molecule has 2 aromatic heterocycles. The number of benzene rings is 1. The molecule has 1 amide bonds. The van der Waals surface area contributed by atoms with Gasteiger partial charge in [0.1, 0.15) is 0 Å². The van der Waals surface area contributed by atoms with E-state index < -0.39 is 0 Å². The van der Waals surface area contributed by atoms with Crippen LogP contribution in [-0.2, 0) is 6.42 Å². The van der Waals surface area contributed by atoms with E-state index in [2.05, 4.69) is 41.5 Å². The predicted octanol–water partition coefficient (Wildman–Crippen LogP) is 5.30. The molecular formula is C18H18N2OS2. The zero-order chi connectivity index (χ0) is 16.4. The molecule has 3 nitrogen and oxygen atoms in total. The van der Waals surface area contributed by atoms with Gasteiger partial charge in [-0.15, -0.1) is 22.7 Å². The van der Waals surface area contributed by atoms with Gasteiger partial charge >= 0.3 is 0 Å². The maximum Gasteiger partial charge on any atom is 0.258 e. The van der Waals surface area contributed by atoms with Crippen molar-refractivity contribution in [3.63, 3.8) is 0 Å². The number of amides is 1. The summed E-state index contributed by atoms with van der Waals surface area (Å²) in [4.78, 5) is 19.0. The van der Waals surface area contributed by atoms with E-state index in [1.54, 1.807) is 11.3 Å². The summed E-state index contributed by atoms with van der Waals surface area (Å²) in [5, 5.41) is 5.51. The number of rotatable bonds is 4. The number of aromatic nitrogens is 1. The molecule has 0 spiro atoms. The molecule has 1 aromatic carbocycles. The fraction of sp³-hybridized carbons (Fsp3) is 0.222. The molecule has 5 heteroatoms. The number of aryl methyl sites for hydroxylation is 3. The smallest absolute Gasteiger partial charge is 0.258 e. The quantitative estimate of drug-likeness (QED) is 0.699. The van der Waals surface area contributed by atoms with Crippen LogP contribution in [0.5, 0.6) is 0 Å². The number of hydrogen-bond acceptors (Lipinski definition) is 4. The molecule has 1 N–H and O–H groups in total. The highest BCUT2D eigenvalue weighted by molar-refractivity contribution is 7.14. The van der Waals surface area contributed by atoms with Gasteiger partial charge in [-0.2, -0.15) is 0 Å². The Balaban J connectivity index is 1.76. The normalized spacial score (nSPS) is 10.7. The Morgan fingerprint density at radius 2 is 1.96 bits per heavy atom. The summed E-state index contributed by atoms with van der Waals surface area (Å²) in [6, 6.07) is 10.3. The number of hydrogen-bond donors (Lipinski definition) is 1. The molecule has 2 heterocycles. The third-order valence-electron chi connectivity index (χ3n) is 3.67. The first-order chi connectivity index (χ1) is 11.1. The predicted molar refractivity (Wildman–Crippen MR) is 98.7 cm³/mol. The number of nitrogens with zero attached hydrogens (tertiary/aromatic N) is 1. The highest BCUT2D eigenvalue weighted by Crippen LogP contribution is 2.27. The number of thiophene rings is 1. The summed E-state index contributed by atoms with van der Waals surface area (Å²) >= 11 is 3.09. The lowest BCUT2D eigenvalue weighted by Crippen LogP contribution is -2.11. The number of thiazole rings is 1. The zero-order valence-corrected chi connectivity index (χ0v) is 15.0. The summed E-state index contributed by atoms with van der Waals surface area (Å²) in [6.45, 7) is 6.12. The Kier molecular flexibility index (Phi) is 4.59. The van der Waals surface area contributed by atoms with Crippen LogP contribution < -0.4 is 5.32 Å². The van der Waals surface area contributed by atoms with Crippen LogP contribution in [0.25, 0.3) is 11.3 Å². The van der Waals surface area contributed by atoms with Crippen LogP contribution in [0, 0.1) is 13.8 Å². The van der Waals surface area contributed by atoms with Gasteiger partial charge in [0, 0.05) is 20.7 Å². The van der Waals surface area contributed by atoms with E-state index in [0.717, 1.165) is 33.0 Å². The molecule has 0 radical (unpaired) electrons. The first kappa shape index (κ1) is 15.9. The van der Waals surface area contributed by atoms with Gasteiger partial charge in [-0.3, -0.25) is 10.1 Å². The van der Waals surface area contributed by atoms with E-state index in [1.165, 1.54) is 16.9 Å². The molecule has 0 bridgehead atoms. The van der Waals surface area contributed by atoms with Crippen molar-refractivity contribution < 1.29 is 4.79 Å². The number of carbonyl (C=O) groups is 1. The van der Waals surface area contributed by atoms with Crippen molar-refractivity contribution in [2.75, 3.05) is 5.32 Å². The number of carbonyl (C=O) groups excluding carboxylic acids is 1. The fourth-order valence-electron chi connectivity index (χ4n) is 2.40. The molecule has 3 rings (SSSR count). The second-order valence-corrected chi connectivity index (χ2v) is 7.69. The molecule has 23 heavy (non-hydrogen) atoms. The van der Waals surface area contributed by atoms with E-state index in [0.29, 0.717) is 5.13 Å². The summed E-state index contributed by atoms with van der Waals surface area (Å²) in [6.07, 6.45) is 1.03. The fourth-order valence-corrected chi connectivity index (χ4v) is 4.03. The average molecular weight is 342 g/mol. The van der Waals surface area contributed by atoms with Gasteiger partial charge in [0.2, 0.25) is 0 Å². The van der Waals surface area contributed by atoms with Gasteiger partial charge in [-0.25, -0.2) is 4.98 Å². The molecule has 0 saturated carbocycles. The summed E-state index contributed by atoms with van der Waals surface area (Å²) in [5.41, 5.74) is 4.00. The minimum absolute atomic E-state index is 0.0888. The molecule has 0 atom stereocenters. The van der Waals surface area contributed by atoms with Crippen LogP contribution in [-0.4, -0.2) is 10.9 Å². The molecule has 0 fully saturated rings. The molecule has 3 aromatic rings. The van der Waals surface area contributed by atoms with Crippen LogP contribution in [0.1, 0.15) is 32.6 Å². The van der Waals surface area contributed by atoms with E-state index in [4.69, 9.17) is 0 Å². The third-order valence-corrected chi connectivity index (χ3v) is 5.39.